The number of nitrogens with zero attached hydrogens (tertiary/aromatic N) is 2. The van der Waals surface area contributed by atoms with Crippen LogP contribution < -0.4 is 5.32 Å². The molecule has 2 aliphatic heterocycles. The summed E-state index contributed by atoms with van der Waals surface area (Å²) in [7, 11) is -2.55. The monoisotopic (exact) mass is 628 g/mol. The molecule has 2 fully saturated rings. The maximum absolute atomic E-state index is 14.0. The lowest BCUT2D eigenvalue weighted by atomic mass is 10.0. The molecule has 0 saturated carbocycles. The number of hydrogen-bond acceptors (Lipinski definition) is 9. The quantitative estimate of drug-likeness (QED) is 0.223. The zero-order valence-electron chi connectivity index (χ0n) is 25.0. The van der Waals surface area contributed by atoms with E-state index in [1.165, 1.54) is 22.7 Å². The van der Waals surface area contributed by atoms with E-state index in [0.29, 0.717) is 23.1 Å². The standard InChI is InChI=1S/C31H40N4O8S/c1-19(2)16-35(44(39,40)21-9-10-25-23(14-21)24(15-32-3)29(37)33-25)17-27(36)26(13-20-7-5-4-6-8-20)34-31(38)43-28-18-42-30-22(28)11-12-41-30/h4-10,14-15,19,22,26-28,30,33,36-37H,11-13,16-18H2,1-3H3,(H,34,38)/t22?,26-,27+,28-,30?/m0/s1. The molecule has 12 nitrogen and oxygen atoms in total. The van der Waals surface area contributed by atoms with Crippen molar-refractivity contribution in [2.45, 2.75) is 56.1 Å². The van der Waals surface area contributed by atoms with Crippen LogP contribution in [0, 0.1) is 11.8 Å². The third-order valence-electron chi connectivity index (χ3n) is 7.95. The van der Waals surface area contributed by atoms with E-state index in [0.717, 1.165) is 12.0 Å². The second kappa shape index (κ2) is 13.7. The fourth-order valence-electron chi connectivity index (χ4n) is 5.78. The van der Waals surface area contributed by atoms with Crippen molar-refractivity contribution in [1.82, 2.24) is 14.6 Å². The number of alkyl carbamates (subject to hydrolysis) is 1. The number of carbonyl (C=O) groups excluding carboxylic acids is 1. The molecule has 0 spiro atoms. The molecule has 2 unspecified atom stereocenters. The predicted molar refractivity (Wildman–Crippen MR) is 164 cm³/mol. The first-order valence-corrected chi connectivity index (χ1v) is 16.2. The van der Waals surface area contributed by atoms with Crippen molar-refractivity contribution in [2.75, 3.05) is 33.4 Å². The maximum atomic E-state index is 14.0. The average Bonchev–Trinajstić information content (AvgIpc) is 3.68. The molecule has 2 saturated heterocycles. The van der Waals surface area contributed by atoms with Gasteiger partial charge in [0.2, 0.25) is 10.0 Å². The smallest absolute Gasteiger partial charge is 0.407 e. The summed E-state index contributed by atoms with van der Waals surface area (Å²) in [5.41, 5.74) is 1.79. The SMILES string of the molecule is CN=Cc1c(O)[nH]c2ccc(S(=O)(=O)N(CC(C)C)C[C@@H](O)[C@H](Cc3ccccc3)NC(=O)O[C@H]3COC4OCCC43)cc12. The first-order valence-electron chi connectivity index (χ1n) is 14.8. The van der Waals surface area contributed by atoms with Gasteiger partial charge in [0.25, 0.3) is 0 Å². The van der Waals surface area contributed by atoms with Crippen molar-refractivity contribution < 1.29 is 37.6 Å². The molecule has 3 aromatic rings. The number of fused-ring (bicyclic) bond motifs is 2. The van der Waals surface area contributed by atoms with E-state index < -0.39 is 34.4 Å². The molecule has 0 aliphatic carbocycles. The summed E-state index contributed by atoms with van der Waals surface area (Å²) in [5.74, 6) is -0.223. The predicted octanol–water partition coefficient (Wildman–Crippen LogP) is 3.03. The summed E-state index contributed by atoms with van der Waals surface area (Å²) in [5, 5.41) is 25.1. The number of amides is 1. The second-order valence-corrected chi connectivity index (χ2v) is 13.6. The normalized spacial score (nSPS) is 21.7. The largest absolute Gasteiger partial charge is 0.494 e. The van der Waals surface area contributed by atoms with E-state index in [1.54, 1.807) is 13.1 Å². The number of aliphatic hydroxyl groups is 1. The third kappa shape index (κ3) is 7.08. The Labute approximate surface area is 257 Å². The number of aliphatic hydroxyl groups excluding tert-OH is 1. The zero-order chi connectivity index (χ0) is 31.4. The number of benzene rings is 2. The van der Waals surface area contributed by atoms with Crippen molar-refractivity contribution in [3.05, 3.63) is 59.7 Å². The van der Waals surface area contributed by atoms with Crippen LogP contribution >= 0.6 is 0 Å². The minimum atomic E-state index is -4.11. The van der Waals surface area contributed by atoms with Gasteiger partial charge in [-0.05, 0) is 42.5 Å². The van der Waals surface area contributed by atoms with Crippen LogP contribution in [-0.4, -0.2) is 98.1 Å². The average molecular weight is 629 g/mol. The van der Waals surface area contributed by atoms with E-state index in [-0.39, 0.29) is 55.0 Å². The second-order valence-electron chi connectivity index (χ2n) is 11.7. The van der Waals surface area contributed by atoms with Crippen molar-refractivity contribution in [1.29, 1.82) is 0 Å². The van der Waals surface area contributed by atoms with Gasteiger partial charge >= 0.3 is 6.09 Å². The van der Waals surface area contributed by atoms with Crippen LogP contribution in [0.5, 0.6) is 5.88 Å². The van der Waals surface area contributed by atoms with Crippen LogP contribution in [0.4, 0.5) is 4.79 Å². The lowest BCUT2D eigenvalue weighted by Gasteiger charge is -2.31. The molecule has 2 aromatic carbocycles. The summed E-state index contributed by atoms with van der Waals surface area (Å²) in [4.78, 5) is 19.9. The molecular formula is C31H40N4O8S. The van der Waals surface area contributed by atoms with Gasteiger partial charge in [-0.2, -0.15) is 4.31 Å². The molecule has 2 aliphatic rings. The number of ether oxygens (including phenoxy) is 3. The Balaban J connectivity index is 1.38. The number of H-pyrrole nitrogens is 1. The first-order chi connectivity index (χ1) is 21.1. The Hall–Kier alpha value is -3.49. The van der Waals surface area contributed by atoms with E-state index in [2.05, 4.69) is 15.3 Å². The lowest BCUT2D eigenvalue weighted by Crippen LogP contribution is -2.51. The number of hydrogen-bond donors (Lipinski definition) is 4. The number of sulfonamides is 1. The minimum absolute atomic E-state index is 0.00384. The van der Waals surface area contributed by atoms with Crippen molar-refractivity contribution in [3.63, 3.8) is 0 Å². The van der Waals surface area contributed by atoms with Crippen LogP contribution in [0.2, 0.25) is 0 Å². The highest BCUT2D eigenvalue weighted by molar-refractivity contribution is 7.89. The van der Waals surface area contributed by atoms with Gasteiger partial charge in [0.05, 0.1) is 41.7 Å². The molecule has 13 heteroatoms. The number of carbonyl (C=O) groups is 1. The van der Waals surface area contributed by atoms with Crippen LogP contribution in [0.15, 0.2) is 58.4 Å². The molecule has 44 heavy (non-hydrogen) atoms. The summed E-state index contributed by atoms with van der Waals surface area (Å²) < 4.78 is 46.1. The van der Waals surface area contributed by atoms with Gasteiger partial charge in [-0.1, -0.05) is 44.2 Å². The molecular weight excluding hydrogens is 588 g/mol. The van der Waals surface area contributed by atoms with Gasteiger partial charge in [0.1, 0.15) is 6.10 Å². The van der Waals surface area contributed by atoms with E-state index in [1.807, 2.05) is 44.2 Å². The zero-order valence-corrected chi connectivity index (χ0v) is 25.9. The fourth-order valence-corrected chi connectivity index (χ4v) is 7.43. The van der Waals surface area contributed by atoms with Crippen molar-refractivity contribution in [2.24, 2.45) is 16.8 Å². The molecule has 1 aromatic heterocycles. The van der Waals surface area contributed by atoms with Crippen LogP contribution in [0.25, 0.3) is 10.9 Å². The van der Waals surface area contributed by atoms with Gasteiger partial charge in [-0.25, -0.2) is 13.2 Å². The summed E-state index contributed by atoms with van der Waals surface area (Å²) in [6.07, 6.45) is -0.419. The molecule has 0 radical (unpaired) electrons. The number of aromatic hydroxyl groups is 1. The van der Waals surface area contributed by atoms with Gasteiger partial charge in [0, 0.05) is 37.3 Å². The molecule has 3 heterocycles. The van der Waals surface area contributed by atoms with Crippen LogP contribution in [0.3, 0.4) is 0 Å². The van der Waals surface area contributed by atoms with E-state index in [9.17, 15) is 23.4 Å². The Morgan fingerprint density at radius 2 is 1.98 bits per heavy atom. The minimum Gasteiger partial charge on any atom is -0.494 e. The topological polar surface area (TPSA) is 163 Å². The van der Waals surface area contributed by atoms with E-state index >= 15 is 0 Å². The van der Waals surface area contributed by atoms with Crippen molar-refractivity contribution in [3.8, 4) is 5.88 Å². The lowest BCUT2D eigenvalue weighted by molar-refractivity contribution is -0.0907. The number of aromatic amines is 1. The summed E-state index contributed by atoms with van der Waals surface area (Å²) in [6.45, 7) is 4.40. The van der Waals surface area contributed by atoms with Gasteiger partial charge in [-0.15, -0.1) is 0 Å². The molecule has 0 bridgehead atoms. The maximum Gasteiger partial charge on any atom is 0.407 e. The highest BCUT2D eigenvalue weighted by Crippen LogP contribution is 2.33. The number of aromatic nitrogens is 1. The molecule has 1 amide bonds. The van der Waals surface area contributed by atoms with Crippen molar-refractivity contribution >= 4 is 33.2 Å². The van der Waals surface area contributed by atoms with Gasteiger partial charge in [-0.3, -0.25) is 4.99 Å². The fraction of sp³-hybridized carbons (Fsp3) is 0.484. The van der Waals surface area contributed by atoms with Gasteiger partial charge < -0.3 is 34.7 Å². The highest BCUT2D eigenvalue weighted by Gasteiger charge is 2.44. The first kappa shape index (κ1) is 31.9. The molecule has 5 atom stereocenters. The Morgan fingerprint density at radius 1 is 1.20 bits per heavy atom. The summed E-state index contributed by atoms with van der Waals surface area (Å²) >= 11 is 0. The number of rotatable bonds is 12. The van der Waals surface area contributed by atoms with Crippen LogP contribution in [-0.2, 0) is 30.7 Å². The Kier molecular flexibility index (Phi) is 9.90. The third-order valence-corrected chi connectivity index (χ3v) is 9.78. The number of nitrogens with one attached hydrogen (secondary N) is 2. The molecule has 5 rings (SSSR count). The highest BCUT2D eigenvalue weighted by atomic mass is 32.2. The Morgan fingerprint density at radius 3 is 2.70 bits per heavy atom. The number of aliphatic imine (C=N–C) groups is 1. The molecule has 238 valence electrons. The molecule has 4 N–H and O–H groups in total. The van der Waals surface area contributed by atoms with Crippen LogP contribution in [0.1, 0.15) is 31.4 Å². The van der Waals surface area contributed by atoms with E-state index in [4.69, 9.17) is 14.2 Å². The van der Waals surface area contributed by atoms with Gasteiger partial charge in [0.15, 0.2) is 12.2 Å². The Bertz CT molecular complexity index is 1580. The summed E-state index contributed by atoms with van der Waals surface area (Å²) in [6, 6.07) is 13.0.